The average Bonchev–Trinajstić information content (AvgIpc) is 2.89. The lowest BCUT2D eigenvalue weighted by atomic mass is 10.1. The van der Waals surface area contributed by atoms with E-state index in [1.54, 1.807) is 20.8 Å². The minimum absolute atomic E-state index is 0.0302. The quantitative estimate of drug-likeness (QED) is 0.556. The summed E-state index contributed by atoms with van der Waals surface area (Å²) in [7, 11) is 0. The summed E-state index contributed by atoms with van der Waals surface area (Å²) >= 11 is 0. The molecule has 0 aliphatic carbocycles. The van der Waals surface area contributed by atoms with Crippen LogP contribution in [-0.2, 0) is 14.3 Å². The SMILES string of the molecule is CC(C)(C)OC(=O)NC(CCC(=O)O)C(=O)Nn1cccc1C(N)=O. The number of carbonyl (C=O) groups is 4. The summed E-state index contributed by atoms with van der Waals surface area (Å²) in [5.74, 6) is -2.60. The fraction of sp³-hybridized carbons (Fsp3) is 0.467. The highest BCUT2D eigenvalue weighted by molar-refractivity contribution is 5.95. The first-order valence-electron chi connectivity index (χ1n) is 7.49. The van der Waals surface area contributed by atoms with E-state index in [1.807, 2.05) is 0 Å². The molecule has 0 saturated carbocycles. The number of rotatable bonds is 7. The van der Waals surface area contributed by atoms with Crippen LogP contribution in [0.5, 0.6) is 0 Å². The number of amides is 3. The molecule has 3 amide bonds. The van der Waals surface area contributed by atoms with Crippen LogP contribution in [0.4, 0.5) is 4.79 Å². The second-order valence-electron chi connectivity index (χ2n) is 6.23. The molecule has 0 fully saturated rings. The molecule has 25 heavy (non-hydrogen) atoms. The van der Waals surface area contributed by atoms with Crippen LogP contribution in [0.3, 0.4) is 0 Å². The molecule has 10 heteroatoms. The highest BCUT2D eigenvalue weighted by atomic mass is 16.6. The number of hydrogen-bond acceptors (Lipinski definition) is 5. The number of alkyl carbamates (subject to hydrolysis) is 1. The number of aliphatic carboxylic acids is 1. The molecule has 0 saturated heterocycles. The number of nitrogens with two attached hydrogens (primary N) is 1. The summed E-state index contributed by atoms with van der Waals surface area (Å²) in [4.78, 5) is 46.2. The number of nitrogens with one attached hydrogen (secondary N) is 2. The van der Waals surface area contributed by atoms with Crippen molar-refractivity contribution in [3.8, 4) is 0 Å². The van der Waals surface area contributed by atoms with Gasteiger partial charge in [-0.05, 0) is 39.3 Å². The summed E-state index contributed by atoms with van der Waals surface area (Å²) in [5, 5.41) is 11.1. The first-order chi connectivity index (χ1) is 11.5. The Morgan fingerprint density at radius 2 is 1.96 bits per heavy atom. The number of ether oxygens (including phenoxy) is 1. The van der Waals surface area contributed by atoms with E-state index in [-0.39, 0.29) is 18.5 Å². The zero-order chi connectivity index (χ0) is 19.2. The first kappa shape index (κ1) is 20.0. The number of aromatic nitrogens is 1. The maximum absolute atomic E-state index is 12.4. The van der Waals surface area contributed by atoms with Crippen molar-refractivity contribution >= 4 is 23.9 Å². The van der Waals surface area contributed by atoms with E-state index >= 15 is 0 Å². The molecule has 1 atom stereocenters. The standard InChI is InChI=1S/C15H22N4O6/c1-15(2,3)25-14(24)17-9(6-7-11(20)21)13(23)18-19-8-4-5-10(19)12(16)22/h4-5,8-9H,6-7H2,1-3H3,(H2,16,22)(H,17,24)(H,18,23)(H,20,21). The van der Waals surface area contributed by atoms with Crippen LogP contribution in [0, 0.1) is 0 Å². The second kappa shape index (κ2) is 8.18. The summed E-state index contributed by atoms with van der Waals surface area (Å²) in [5.41, 5.74) is 6.81. The fourth-order valence-electron chi connectivity index (χ4n) is 1.86. The molecule has 1 aromatic heterocycles. The molecule has 1 heterocycles. The molecule has 5 N–H and O–H groups in total. The molecule has 0 spiro atoms. The molecule has 10 nitrogen and oxygen atoms in total. The van der Waals surface area contributed by atoms with Crippen molar-refractivity contribution in [2.75, 3.05) is 5.43 Å². The molecular weight excluding hydrogens is 332 g/mol. The van der Waals surface area contributed by atoms with Crippen LogP contribution >= 0.6 is 0 Å². The molecular formula is C15H22N4O6. The zero-order valence-electron chi connectivity index (χ0n) is 14.2. The van der Waals surface area contributed by atoms with Crippen molar-refractivity contribution < 1.29 is 29.0 Å². The van der Waals surface area contributed by atoms with Gasteiger partial charge in [-0.3, -0.25) is 24.5 Å². The Morgan fingerprint density at radius 1 is 1.32 bits per heavy atom. The number of carboxylic acid groups (broad SMARTS) is 1. The van der Waals surface area contributed by atoms with Gasteiger partial charge in [0.05, 0.1) is 0 Å². The van der Waals surface area contributed by atoms with Crippen LogP contribution in [0.15, 0.2) is 18.3 Å². The summed E-state index contributed by atoms with van der Waals surface area (Å²) < 4.78 is 6.16. The molecule has 138 valence electrons. The third-order valence-corrected chi connectivity index (χ3v) is 2.89. The van der Waals surface area contributed by atoms with Gasteiger partial charge in [0.2, 0.25) is 0 Å². The van der Waals surface area contributed by atoms with Gasteiger partial charge < -0.3 is 20.9 Å². The third kappa shape index (κ3) is 6.94. The highest BCUT2D eigenvalue weighted by Gasteiger charge is 2.25. The highest BCUT2D eigenvalue weighted by Crippen LogP contribution is 2.08. The topological polar surface area (TPSA) is 153 Å². The number of primary amides is 1. The van der Waals surface area contributed by atoms with E-state index in [0.29, 0.717) is 0 Å². The summed E-state index contributed by atoms with van der Waals surface area (Å²) in [6.07, 6.45) is 0.0240. The van der Waals surface area contributed by atoms with Gasteiger partial charge in [-0.15, -0.1) is 0 Å². The zero-order valence-corrected chi connectivity index (χ0v) is 14.2. The largest absolute Gasteiger partial charge is 0.481 e. The van der Waals surface area contributed by atoms with Crippen molar-refractivity contribution in [3.05, 3.63) is 24.0 Å². The monoisotopic (exact) mass is 354 g/mol. The lowest BCUT2D eigenvalue weighted by Crippen LogP contribution is -2.47. The van der Waals surface area contributed by atoms with Gasteiger partial charge >= 0.3 is 12.1 Å². The normalized spacial score (nSPS) is 12.1. The maximum Gasteiger partial charge on any atom is 0.408 e. The van der Waals surface area contributed by atoms with Crippen LogP contribution in [0.2, 0.25) is 0 Å². The van der Waals surface area contributed by atoms with Crippen molar-refractivity contribution in [2.24, 2.45) is 5.73 Å². The molecule has 1 unspecified atom stereocenters. The van der Waals surface area contributed by atoms with E-state index in [9.17, 15) is 19.2 Å². The van der Waals surface area contributed by atoms with E-state index < -0.39 is 35.5 Å². The Hall–Kier alpha value is -3.04. The molecule has 0 bridgehead atoms. The van der Waals surface area contributed by atoms with E-state index in [2.05, 4.69) is 10.7 Å². The van der Waals surface area contributed by atoms with Crippen LogP contribution in [0.25, 0.3) is 0 Å². The third-order valence-electron chi connectivity index (χ3n) is 2.89. The Morgan fingerprint density at radius 3 is 2.48 bits per heavy atom. The fourth-order valence-corrected chi connectivity index (χ4v) is 1.86. The molecule has 1 rings (SSSR count). The van der Waals surface area contributed by atoms with Gasteiger partial charge in [-0.25, -0.2) is 4.79 Å². The minimum Gasteiger partial charge on any atom is -0.481 e. The smallest absolute Gasteiger partial charge is 0.408 e. The van der Waals surface area contributed by atoms with Crippen LogP contribution in [0.1, 0.15) is 44.1 Å². The van der Waals surface area contributed by atoms with Gasteiger partial charge in [-0.1, -0.05) is 0 Å². The maximum atomic E-state index is 12.4. The van der Waals surface area contributed by atoms with E-state index in [4.69, 9.17) is 15.6 Å². The van der Waals surface area contributed by atoms with Gasteiger partial charge in [-0.2, -0.15) is 0 Å². The second-order valence-corrected chi connectivity index (χ2v) is 6.23. The van der Waals surface area contributed by atoms with Gasteiger partial charge in [0.1, 0.15) is 17.3 Å². The van der Waals surface area contributed by atoms with Crippen molar-refractivity contribution in [1.82, 2.24) is 9.99 Å². The van der Waals surface area contributed by atoms with Gasteiger partial charge in [0.25, 0.3) is 11.8 Å². The minimum atomic E-state index is -1.17. The van der Waals surface area contributed by atoms with Crippen molar-refractivity contribution in [3.63, 3.8) is 0 Å². The van der Waals surface area contributed by atoms with Crippen molar-refractivity contribution in [1.29, 1.82) is 0 Å². The number of hydrogen-bond donors (Lipinski definition) is 4. The Kier molecular flexibility index (Phi) is 6.54. The first-order valence-corrected chi connectivity index (χ1v) is 7.49. The predicted molar refractivity (Wildman–Crippen MR) is 87.3 cm³/mol. The number of nitrogens with zero attached hydrogens (tertiary/aromatic N) is 1. The number of carbonyl (C=O) groups excluding carboxylic acids is 3. The molecule has 0 aliphatic heterocycles. The van der Waals surface area contributed by atoms with Gasteiger partial charge in [0.15, 0.2) is 0 Å². The van der Waals surface area contributed by atoms with Crippen LogP contribution in [-0.4, -0.2) is 45.3 Å². The Labute approximate surface area is 144 Å². The van der Waals surface area contributed by atoms with Gasteiger partial charge in [0, 0.05) is 12.6 Å². The van der Waals surface area contributed by atoms with Crippen LogP contribution < -0.4 is 16.5 Å². The Balaban J connectivity index is 2.84. The molecule has 0 aromatic carbocycles. The molecule has 1 aromatic rings. The lowest BCUT2D eigenvalue weighted by Gasteiger charge is -2.23. The average molecular weight is 354 g/mol. The Bertz CT molecular complexity index is 661. The summed E-state index contributed by atoms with van der Waals surface area (Å²) in [6, 6.07) is 1.72. The lowest BCUT2D eigenvalue weighted by molar-refractivity contribution is -0.137. The van der Waals surface area contributed by atoms with E-state index in [1.165, 1.54) is 18.3 Å². The molecule has 0 radical (unpaired) electrons. The van der Waals surface area contributed by atoms with E-state index in [0.717, 1.165) is 4.68 Å². The summed E-state index contributed by atoms with van der Waals surface area (Å²) in [6.45, 7) is 4.95. The van der Waals surface area contributed by atoms with Crippen molar-refractivity contribution in [2.45, 2.75) is 45.3 Å². The molecule has 0 aliphatic rings. The predicted octanol–water partition coefficient (Wildman–Crippen LogP) is 0.415. The number of carboxylic acids is 1.